The molecule has 2 unspecified atom stereocenters. The van der Waals surface area contributed by atoms with Gasteiger partial charge in [-0.05, 0) is 60.9 Å². The highest BCUT2D eigenvalue weighted by Gasteiger charge is 2.51. The maximum atomic E-state index is 12.9. The maximum absolute atomic E-state index is 12.9. The van der Waals surface area contributed by atoms with Crippen molar-refractivity contribution >= 4 is 21.6 Å². The number of benzene rings is 1. The normalized spacial score (nSPS) is 26.5. The lowest BCUT2D eigenvalue weighted by Gasteiger charge is -2.57. The first-order valence-electron chi connectivity index (χ1n) is 11.6. The molecule has 2 bridgehead atoms. The monoisotopic (exact) mass is 465 g/mol. The lowest BCUT2D eigenvalue weighted by Crippen LogP contribution is -2.51. The number of hydrogen-bond donors (Lipinski definition) is 0. The molecule has 2 atom stereocenters. The summed E-state index contributed by atoms with van der Waals surface area (Å²) in [5.74, 6) is 1.65. The van der Waals surface area contributed by atoms with Crippen molar-refractivity contribution < 1.29 is 8.42 Å². The van der Waals surface area contributed by atoms with Gasteiger partial charge in [0.15, 0.2) is 0 Å². The molecule has 31 heavy (non-hydrogen) atoms. The molecular weight excluding hydrogens is 430 g/mol. The number of rotatable bonds is 8. The van der Waals surface area contributed by atoms with E-state index in [1.54, 1.807) is 34.1 Å². The number of nitrogens with zero attached hydrogens (tertiary/aromatic N) is 3. The lowest BCUT2D eigenvalue weighted by atomic mass is 9.49. The first-order chi connectivity index (χ1) is 14.7. The Hall–Kier alpha value is -0.920. The first-order valence-corrected chi connectivity index (χ1v) is 13.4. The number of halogens is 1. The van der Waals surface area contributed by atoms with E-state index in [0.29, 0.717) is 28.4 Å². The van der Waals surface area contributed by atoms with Crippen LogP contribution in [0.25, 0.3) is 0 Å². The van der Waals surface area contributed by atoms with Crippen LogP contribution in [-0.4, -0.2) is 74.9 Å². The highest BCUT2D eigenvalue weighted by molar-refractivity contribution is 7.89. The van der Waals surface area contributed by atoms with Crippen LogP contribution in [0.4, 0.5) is 0 Å². The smallest absolute Gasteiger partial charge is 0.243 e. The zero-order valence-corrected chi connectivity index (χ0v) is 20.6. The highest BCUT2D eigenvalue weighted by atomic mass is 35.5. The molecule has 1 aliphatic heterocycles. The van der Waals surface area contributed by atoms with E-state index in [2.05, 4.69) is 36.6 Å². The summed E-state index contributed by atoms with van der Waals surface area (Å²) in [6.07, 6.45) is 5.13. The summed E-state index contributed by atoms with van der Waals surface area (Å²) in [5, 5.41) is 0.550. The predicted octanol–water partition coefficient (Wildman–Crippen LogP) is 3.96. The standard InChI is InChI=1S/C24H36ClN3O2S/c1-4-26(18-19-5-6-20-17-23(19)24(20,2)3)11-12-27-13-15-28(16-14-27)31(29,30)22-9-7-21(25)8-10-22/h5,7-10,20,23H,4,6,11-18H2,1-3H3. The van der Waals surface area contributed by atoms with Crippen molar-refractivity contribution in [3.8, 4) is 0 Å². The van der Waals surface area contributed by atoms with Gasteiger partial charge in [-0.25, -0.2) is 8.42 Å². The molecule has 0 radical (unpaired) electrons. The Balaban J connectivity index is 1.26. The molecule has 0 spiro atoms. The Bertz CT molecular complexity index is 905. The largest absolute Gasteiger partial charge is 0.299 e. The second-order valence-electron chi connectivity index (χ2n) is 9.89. The molecule has 5 nitrogen and oxygen atoms in total. The minimum atomic E-state index is -3.44. The van der Waals surface area contributed by atoms with Crippen LogP contribution in [0.2, 0.25) is 5.02 Å². The van der Waals surface area contributed by atoms with Crippen LogP contribution in [0.15, 0.2) is 40.8 Å². The van der Waals surface area contributed by atoms with Crippen molar-refractivity contribution in [3.63, 3.8) is 0 Å². The molecule has 3 aliphatic carbocycles. The van der Waals surface area contributed by atoms with Crippen molar-refractivity contribution in [2.24, 2.45) is 17.3 Å². The molecular formula is C24H36ClN3O2S. The summed E-state index contributed by atoms with van der Waals surface area (Å²) in [6.45, 7) is 13.9. The van der Waals surface area contributed by atoms with E-state index < -0.39 is 10.0 Å². The molecule has 1 saturated heterocycles. The van der Waals surface area contributed by atoms with Crippen molar-refractivity contribution in [1.29, 1.82) is 0 Å². The molecule has 1 heterocycles. The van der Waals surface area contributed by atoms with E-state index in [9.17, 15) is 8.42 Å². The third kappa shape index (κ3) is 4.74. The van der Waals surface area contributed by atoms with Gasteiger partial charge in [-0.1, -0.05) is 44.0 Å². The van der Waals surface area contributed by atoms with Gasteiger partial charge in [-0.15, -0.1) is 0 Å². The van der Waals surface area contributed by atoms with E-state index in [4.69, 9.17) is 11.6 Å². The van der Waals surface area contributed by atoms with E-state index in [1.807, 2.05) is 0 Å². The Kier molecular flexibility index (Phi) is 6.86. The average Bonchev–Trinajstić information content (AvgIpc) is 2.77. The molecule has 1 aromatic rings. The van der Waals surface area contributed by atoms with E-state index in [-0.39, 0.29) is 0 Å². The fraction of sp³-hybridized carbons (Fsp3) is 0.667. The molecule has 0 amide bonds. The fourth-order valence-corrected chi connectivity index (χ4v) is 7.04. The third-order valence-electron chi connectivity index (χ3n) is 7.95. The molecule has 1 saturated carbocycles. The van der Waals surface area contributed by atoms with E-state index in [0.717, 1.165) is 51.1 Å². The Morgan fingerprint density at radius 3 is 2.39 bits per heavy atom. The van der Waals surface area contributed by atoms with Gasteiger partial charge < -0.3 is 0 Å². The van der Waals surface area contributed by atoms with Crippen molar-refractivity contribution in [2.75, 3.05) is 52.4 Å². The molecule has 0 N–H and O–H groups in total. The Labute approximate surface area is 193 Å². The summed E-state index contributed by atoms with van der Waals surface area (Å²) in [4.78, 5) is 5.27. The molecule has 2 fully saturated rings. The first kappa shape index (κ1) is 23.2. The Morgan fingerprint density at radius 1 is 1.13 bits per heavy atom. The van der Waals surface area contributed by atoms with Gasteiger partial charge in [0.1, 0.15) is 0 Å². The van der Waals surface area contributed by atoms with Crippen molar-refractivity contribution in [2.45, 2.75) is 38.5 Å². The third-order valence-corrected chi connectivity index (χ3v) is 10.1. The van der Waals surface area contributed by atoms with Crippen molar-refractivity contribution in [3.05, 3.63) is 40.9 Å². The second-order valence-corrected chi connectivity index (χ2v) is 12.3. The summed E-state index contributed by atoms with van der Waals surface area (Å²) in [7, 11) is -3.44. The van der Waals surface area contributed by atoms with Crippen LogP contribution in [0.5, 0.6) is 0 Å². The van der Waals surface area contributed by atoms with Crippen LogP contribution < -0.4 is 0 Å². The number of fused-ring (bicyclic) bond motifs is 1. The molecule has 1 aromatic carbocycles. The highest BCUT2D eigenvalue weighted by Crippen LogP contribution is 2.59. The molecule has 7 heteroatoms. The number of likely N-dealkylation sites (N-methyl/N-ethyl adjacent to an activating group) is 1. The molecule has 172 valence electrons. The summed E-state index contributed by atoms with van der Waals surface area (Å²) >= 11 is 5.90. The Morgan fingerprint density at radius 2 is 1.81 bits per heavy atom. The summed E-state index contributed by atoms with van der Waals surface area (Å²) < 4.78 is 27.4. The van der Waals surface area contributed by atoms with Gasteiger partial charge in [0.05, 0.1) is 4.90 Å². The zero-order valence-electron chi connectivity index (χ0n) is 19.1. The minimum Gasteiger partial charge on any atom is -0.299 e. The lowest BCUT2D eigenvalue weighted by molar-refractivity contribution is -0.0107. The SMILES string of the molecule is CCN(CCN1CCN(S(=O)(=O)c2ccc(Cl)cc2)CC1)CC1=CCC2CC1C2(C)C. The average molecular weight is 466 g/mol. The van der Waals surface area contributed by atoms with Crippen LogP contribution in [0, 0.1) is 17.3 Å². The maximum Gasteiger partial charge on any atom is 0.243 e. The van der Waals surface area contributed by atoms with Crippen LogP contribution in [0.1, 0.15) is 33.6 Å². The summed E-state index contributed by atoms with van der Waals surface area (Å²) in [5.41, 5.74) is 2.13. The van der Waals surface area contributed by atoms with E-state index >= 15 is 0 Å². The van der Waals surface area contributed by atoms with Crippen LogP contribution in [-0.2, 0) is 10.0 Å². The van der Waals surface area contributed by atoms with Crippen LogP contribution in [0.3, 0.4) is 0 Å². The number of piperazine rings is 1. The van der Waals surface area contributed by atoms with Gasteiger partial charge in [0.25, 0.3) is 0 Å². The predicted molar refractivity (Wildman–Crippen MR) is 127 cm³/mol. The minimum absolute atomic E-state index is 0.324. The van der Waals surface area contributed by atoms with Gasteiger partial charge in [-0.3, -0.25) is 9.80 Å². The molecule has 4 aliphatic rings. The topological polar surface area (TPSA) is 43.9 Å². The number of sulfonamides is 1. The molecule has 5 rings (SSSR count). The van der Waals surface area contributed by atoms with Gasteiger partial charge in [0, 0.05) is 50.8 Å². The number of hydrogen-bond acceptors (Lipinski definition) is 4. The van der Waals surface area contributed by atoms with Gasteiger partial charge in [0.2, 0.25) is 10.0 Å². The van der Waals surface area contributed by atoms with Gasteiger partial charge in [-0.2, -0.15) is 4.31 Å². The van der Waals surface area contributed by atoms with E-state index in [1.165, 1.54) is 12.8 Å². The fourth-order valence-electron chi connectivity index (χ4n) is 5.49. The van der Waals surface area contributed by atoms with Crippen LogP contribution >= 0.6 is 11.6 Å². The van der Waals surface area contributed by atoms with Gasteiger partial charge >= 0.3 is 0 Å². The van der Waals surface area contributed by atoms with Crippen molar-refractivity contribution in [1.82, 2.24) is 14.1 Å². The second kappa shape index (κ2) is 9.14. The summed E-state index contributed by atoms with van der Waals surface area (Å²) in [6, 6.07) is 6.46. The zero-order chi connectivity index (χ0) is 22.2. The molecule has 0 aromatic heterocycles. The number of allylic oxidation sites excluding steroid dienone is 1. The quantitative estimate of drug-likeness (QED) is 0.545.